The Labute approximate surface area is 328 Å². The Morgan fingerprint density at radius 2 is 0.929 bits per heavy atom. The van der Waals surface area contributed by atoms with E-state index in [0.29, 0.717) is 37.3 Å². The van der Waals surface area contributed by atoms with Crippen molar-refractivity contribution in [1.82, 2.24) is 19.6 Å². The molecule has 0 saturated carbocycles. The number of likely N-dealkylation sites (N-methyl/N-ethyl adjacent to an activating group) is 2. The zero-order chi connectivity index (χ0) is 39.6. The molecular formula is C44H50N6O6. The molecule has 2 N–H and O–H groups in total. The van der Waals surface area contributed by atoms with E-state index in [4.69, 9.17) is 9.47 Å². The Balaban J connectivity index is 1.01. The first-order valence-corrected chi connectivity index (χ1v) is 18.8. The zero-order valence-electron chi connectivity index (χ0n) is 32.3. The van der Waals surface area contributed by atoms with Crippen LogP contribution in [0.2, 0.25) is 0 Å². The van der Waals surface area contributed by atoms with Crippen molar-refractivity contribution in [2.75, 3.05) is 51.9 Å². The van der Waals surface area contributed by atoms with E-state index < -0.39 is 24.3 Å². The van der Waals surface area contributed by atoms with Gasteiger partial charge in [0, 0.05) is 36.5 Å². The molecule has 2 aliphatic heterocycles. The average Bonchev–Trinajstić information content (AvgIpc) is 3.87. The molecule has 6 rings (SSSR count). The van der Waals surface area contributed by atoms with Gasteiger partial charge in [0.15, 0.2) is 0 Å². The van der Waals surface area contributed by atoms with E-state index in [-0.39, 0.29) is 37.1 Å². The van der Waals surface area contributed by atoms with Crippen molar-refractivity contribution in [3.05, 3.63) is 131 Å². The van der Waals surface area contributed by atoms with Crippen molar-refractivity contribution >= 4 is 47.5 Å². The molecule has 0 unspecified atom stereocenters. The number of amides is 4. The van der Waals surface area contributed by atoms with Crippen molar-refractivity contribution in [3.8, 4) is 0 Å². The second-order valence-electron chi connectivity index (χ2n) is 14.7. The van der Waals surface area contributed by atoms with Crippen LogP contribution in [-0.4, -0.2) is 109 Å². The summed E-state index contributed by atoms with van der Waals surface area (Å²) in [6.07, 6.45) is 3.90. The molecule has 4 amide bonds. The third-order valence-corrected chi connectivity index (χ3v) is 10.3. The lowest BCUT2D eigenvalue weighted by Crippen LogP contribution is -2.43. The first kappa shape index (κ1) is 39.7. The van der Waals surface area contributed by atoms with E-state index >= 15 is 0 Å². The van der Waals surface area contributed by atoms with Gasteiger partial charge in [-0.15, -0.1) is 0 Å². The van der Waals surface area contributed by atoms with Gasteiger partial charge in [-0.2, -0.15) is 0 Å². The fraction of sp³-hybridized carbons (Fsp3) is 0.318. The van der Waals surface area contributed by atoms with Crippen LogP contribution < -0.4 is 10.6 Å². The lowest BCUT2D eigenvalue weighted by atomic mass is 10.1. The van der Waals surface area contributed by atoms with Crippen LogP contribution >= 0.6 is 0 Å². The summed E-state index contributed by atoms with van der Waals surface area (Å²) in [7, 11) is 7.77. The van der Waals surface area contributed by atoms with Crippen molar-refractivity contribution < 1.29 is 28.7 Å². The molecule has 2 aliphatic rings. The summed E-state index contributed by atoms with van der Waals surface area (Å²) in [5.74, 6) is -0.523. The van der Waals surface area contributed by atoms with Crippen LogP contribution in [0, 0.1) is 0 Å². The maximum absolute atomic E-state index is 13.5. The van der Waals surface area contributed by atoms with Crippen molar-refractivity contribution in [3.63, 3.8) is 0 Å². The quantitative estimate of drug-likeness (QED) is 0.159. The third kappa shape index (κ3) is 10.4. The Morgan fingerprint density at radius 3 is 1.27 bits per heavy atom. The molecule has 56 heavy (non-hydrogen) atoms. The van der Waals surface area contributed by atoms with Crippen LogP contribution in [0.15, 0.2) is 109 Å². The normalized spacial score (nSPS) is 19.4. The number of ether oxygens (including phenoxy) is 2. The molecule has 292 valence electrons. The molecule has 2 saturated heterocycles. The predicted molar refractivity (Wildman–Crippen MR) is 217 cm³/mol. The van der Waals surface area contributed by atoms with E-state index in [1.165, 1.54) is 9.80 Å². The van der Waals surface area contributed by atoms with Gasteiger partial charge in [0.05, 0.1) is 0 Å². The Kier molecular flexibility index (Phi) is 13.2. The van der Waals surface area contributed by atoms with E-state index in [1.807, 2.05) is 159 Å². The zero-order valence-corrected chi connectivity index (χ0v) is 32.3. The summed E-state index contributed by atoms with van der Waals surface area (Å²) < 4.78 is 11.2. The first-order chi connectivity index (χ1) is 27.0. The molecule has 4 atom stereocenters. The van der Waals surface area contributed by atoms with Gasteiger partial charge >= 0.3 is 12.2 Å². The molecule has 2 fully saturated rings. The molecule has 4 aromatic carbocycles. The van der Waals surface area contributed by atoms with Gasteiger partial charge in [-0.3, -0.25) is 19.4 Å². The van der Waals surface area contributed by atoms with Gasteiger partial charge in [-0.05, 0) is 87.6 Å². The van der Waals surface area contributed by atoms with Gasteiger partial charge in [-0.25, -0.2) is 9.59 Å². The van der Waals surface area contributed by atoms with Gasteiger partial charge in [-0.1, -0.05) is 97.1 Å². The number of nitrogens with one attached hydrogen (secondary N) is 2. The number of nitrogens with zero attached hydrogens (tertiary/aromatic N) is 4. The largest absolute Gasteiger partial charge is 0.445 e. The number of hydrogen-bond acceptors (Lipinski definition) is 8. The van der Waals surface area contributed by atoms with E-state index in [0.717, 1.165) is 22.3 Å². The van der Waals surface area contributed by atoms with Gasteiger partial charge in [0.25, 0.3) is 0 Å². The molecule has 12 nitrogen and oxygen atoms in total. The molecular weight excluding hydrogens is 709 g/mol. The predicted octanol–water partition coefficient (Wildman–Crippen LogP) is 6.42. The van der Waals surface area contributed by atoms with Crippen LogP contribution in [-0.2, 0) is 32.3 Å². The monoisotopic (exact) mass is 758 g/mol. The second kappa shape index (κ2) is 18.6. The van der Waals surface area contributed by atoms with E-state index in [1.54, 1.807) is 0 Å². The minimum absolute atomic E-state index is 0.0301. The smallest absolute Gasteiger partial charge is 0.410 e. The highest BCUT2D eigenvalue weighted by Crippen LogP contribution is 2.26. The van der Waals surface area contributed by atoms with E-state index in [9.17, 15) is 19.2 Å². The number of carbonyl (C=O) groups is 4. The fourth-order valence-electron chi connectivity index (χ4n) is 6.88. The Morgan fingerprint density at radius 1 is 0.571 bits per heavy atom. The summed E-state index contributed by atoms with van der Waals surface area (Å²) in [6.45, 7) is 1.08. The highest BCUT2D eigenvalue weighted by molar-refractivity contribution is 5.98. The number of benzene rings is 4. The van der Waals surface area contributed by atoms with Crippen LogP contribution in [0.4, 0.5) is 21.0 Å². The lowest BCUT2D eigenvalue weighted by molar-refractivity contribution is -0.120. The SMILES string of the molecule is CN(C)[C@H]1C[C@@H](C(=O)Nc2ccc(C=Cc3ccc(NC(=O)[C@@H]4C[C@H](N(C)C)CN4C(=O)OCc4ccccc4)cc3)cc2)N(C(=O)OCc2ccccc2)C1. The summed E-state index contributed by atoms with van der Waals surface area (Å²) in [5, 5.41) is 5.96. The van der Waals surface area contributed by atoms with Crippen LogP contribution in [0.3, 0.4) is 0 Å². The molecule has 0 bridgehead atoms. The molecule has 0 spiro atoms. The van der Waals surface area contributed by atoms with Crippen molar-refractivity contribution in [1.29, 1.82) is 0 Å². The topological polar surface area (TPSA) is 124 Å². The summed E-state index contributed by atoms with van der Waals surface area (Å²) in [5.41, 5.74) is 4.87. The number of anilines is 2. The molecule has 0 aromatic heterocycles. The number of carbonyl (C=O) groups excluding carboxylic acids is 4. The third-order valence-electron chi connectivity index (χ3n) is 10.3. The molecule has 12 heteroatoms. The second-order valence-corrected chi connectivity index (χ2v) is 14.7. The van der Waals surface area contributed by atoms with Gasteiger partial charge < -0.3 is 29.9 Å². The van der Waals surface area contributed by atoms with Crippen LogP contribution in [0.5, 0.6) is 0 Å². The first-order valence-electron chi connectivity index (χ1n) is 18.8. The minimum Gasteiger partial charge on any atom is -0.445 e. The van der Waals surface area contributed by atoms with Crippen molar-refractivity contribution in [2.24, 2.45) is 0 Å². The highest BCUT2D eigenvalue weighted by atomic mass is 16.6. The highest BCUT2D eigenvalue weighted by Gasteiger charge is 2.42. The van der Waals surface area contributed by atoms with E-state index in [2.05, 4.69) is 10.6 Å². The molecule has 4 aromatic rings. The standard InChI is InChI=1S/C44H50N6O6/c1-47(2)37-25-39(49(27-37)43(53)55-29-33-11-7-5-8-12-33)41(51)45-35-21-17-31(18-22-35)15-16-32-19-23-36(24-20-32)46-42(52)40-26-38(48(3)4)28-50(40)44(54)56-30-34-13-9-6-10-14-34/h5-24,37-40H,25-30H2,1-4H3,(H,45,51)(H,46,52)/t37-,38-,39-,40-/m0/s1. The minimum atomic E-state index is -0.661. The summed E-state index contributed by atoms with van der Waals surface area (Å²) in [6, 6.07) is 32.6. The maximum Gasteiger partial charge on any atom is 0.410 e. The summed E-state index contributed by atoms with van der Waals surface area (Å²) >= 11 is 0. The summed E-state index contributed by atoms with van der Waals surface area (Å²) in [4.78, 5) is 60.2. The number of rotatable bonds is 12. The van der Waals surface area contributed by atoms with Gasteiger partial charge in [0.2, 0.25) is 11.8 Å². The Bertz CT molecular complexity index is 1830. The lowest BCUT2D eigenvalue weighted by Gasteiger charge is -2.23. The number of likely N-dealkylation sites (tertiary alicyclic amines) is 2. The van der Waals surface area contributed by atoms with Crippen molar-refractivity contribution in [2.45, 2.75) is 50.2 Å². The number of hydrogen-bond donors (Lipinski definition) is 2. The molecule has 0 radical (unpaired) electrons. The molecule has 0 aliphatic carbocycles. The fourth-order valence-corrected chi connectivity index (χ4v) is 6.88. The Hall–Kier alpha value is -5.98. The average molecular weight is 759 g/mol. The molecule has 2 heterocycles. The van der Waals surface area contributed by atoms with Crippen LogP contribution in [0.25, 0.3) is 12.2 Å². The maximum atomic E-state index is 13.5. The van der Waals surface area contributed by atoms with Gasteiger partial charge in [0.1, 0.15) is 25.3 Å². The van der Waals surface area contributed by atoms with Crippen LogP contribution in [0.1, 0.15) is 35.1 Å².